The van der Waals surface area contributed by atoms with Crippen LogP contribution in [0.5, 0.6) is 0 Å². The van der Waals surface area contributed by atoms with Crippen molar-refractivity contribution in [1.29, 1.82) is 0 Å². The van der Waals surface area contributed by atoms with Crippen LogP contribution < -0.4 is 11.3 Å². The highest BCUT2D eigenvalue weighted by Crippen LogP contribution is 2.20. The van der Waals surface area contributed by atoms with Crippen molar-refractivity contribution in [3.05, 3.63) is 0 Å². The van der Waals surface area contributed by atoms with Crippen LogP contribution in [-0.2, 0) is 9.53 Å². The van der Waals surface area contributed by atoms with E-state index in [1.54, 1.807) is 0 Å². The molecule has 0 spiro atoms. The van der Waals surface area contributed by atoms with E-state index in [2.05, 4.69) is 22.1 Å². The van der Waals surface area contributed by atoms with Crippen molar-refractivity contribution in [2.24, 2.45) is 5.84 Å². The summed E-state index contributed by atoms with van der Waals surface area (Å²) in [6, 6.07) is 0.886. The van der Waals surface area contributed by atoms with E-state index < -0.39 is 0 Å². The number of hydrazine groups is 1. The summed E-state index contributed by atoms with van der Waals surface area (Å²) >= 11 is 0. The normalized spacial score (nSPS) is 28.2. The molecule has 0 aromatic carbocycles. The Hall–Kier alpha value is -0.690. The number of morpholine rings is 1. The van der Waals surface area contributed by atoms with Gasteiger partial charge in [-0.25, -0.2) is 5.84 Å². The van der Waals surface area contributed by atoms with Crippen LogP contribution in [0.2, 0.25) is 0 Å². The smallest absolute Gasteiger partial charge is 0.235 e. The quantitative estimate of drug-likeness (QED) is 0.390. The van der Waals surface area contributed by atoms with E-state index in [4.69, 9.17) is 10.6 Å². The molecule has 18 heavy (non-hydrogen) atoms. The van der Waals surface area contributed by atoms with Crippen LogP contribution in [0.1, 0.15) is 19.8 Å². The Morgan fingerprint density at radius 3 is 2.83 bits per heavy atom. The minimum Gasteiger partial charge on any atom is -0.379 e. The number of rotatable bonds is 4. The largest absolute Gasteiger partial charge is 0.379 e. The van der Waals surface area contributed by atoms with Gasteiger partial charge in [0.15, 0.2) is 0 Å². The standard InChI is InChI=1S/C12H24N4O2/c1-10(8-12(17)14-13)16-3-2-11(9-16)15-4-6-18-7-5-15/h10-11H,2-9,13H2,1H3,(H,14,17). The SMILES string of the molecule is CC(CC(=O)NN)N1CCC(N2CCOCC2)C1. The van der Waals surface area contributed by atoms with Gasteiger partial charge in [-0.2, -0.15) is 0 Å². The Morgan fingerprint density at radius 1 is 1.44 bits per heavy atom. The molecule has 2 unspecified atom stereocenters. The first-order valence-electron chi connectivity index (χ1n) is 6.76. The summed E-state index contributed by atoms with van der Waals surface area (Å²) in [4.78, 5) is 16.2. The third-order valence-corrected chi connectivity index (χ3v) is 4.02. The molecule has 0 aromatic heterocycles. The lowest BCUT2D eigenvalue weighted by Crippen LogP contribution is -2.46. The van der Waals surface area contributed by atoms with Crippen molar-refractivity contribution in [3.63, 3.8) is 0 Å². The summed E-state index contributed by atoms with van der Waals surface area (Å²) in [5.41, 5.74) is 2.20. The van der Waals surface area contributed by atoms with Gasteiger partial charge in [-0.15, -0.1) is 0 Å². The molecule has 2 aliphatic rings. The molecular weight excluding hydrogens is 232 g/mol. The number of amides is 1. The molecule has 2 rings (SSSR count). The van der Waals surface area contributed by atoms with E-state index in [0.717, 1.165) is 39.4 Å². The van der Waals surface area contributed by atoms with Crippen molar-refractivity contribution >= 4 is 5.91 Å². The minimum atomic E-state index is -0.0858. The van der Waals surface area contributed by atoms with Gasteiger partial charge >= 0.3 is 0 Å². The maximum atomic E-state index is 11.3. The van der Waals surface area contributed by atoms with Crippen LogP contribution in [0.15, 0.2) is 0 Å². The molecule has 3 N–H and O–H groups in total. The lowest BCUT2D eigenvalue weighted by Gasteiger charge is -2.32. The zero-order valence-electron chi connectivity index (χ0n) is 11.1. The van der Waals surface area contributed by atoms with Gasteiger partial charge < -0.3 is 4.74 Å². The van der Waals surface area contributed by atoms with Crippen molar-refractivity contribution in [2.75, 3.05) is 39.4 Å². The van der Waals surface area contributed by atoms with Crippen LogP contribution in [0.4, 0.5) is 0 Å². The molecule has 1 amide bonds. The summed E-state index contributed by atoms with van der Waals surface area (Å²) in [5, 5.41) is 0. The van der Waals surface area contributed by atoms with E-state index >= 15 is 0 Å². The summed E-state index contributed by atoms with van der Waals surface area (Å²) < 4.78 is 5.38. The van der Waals surface area contributed by atoms with Gasteiger partial charge in [0, 0.05) is 44.7 Å². The Labute approximate surface area is 108 Å². The monoisotopic (exact) mass is 256 g/mol. The summed E-state index contributed by atoms with van der Waals surface area (Å²) in [5.74, 6) is 5.04. The third-order valence-electron chi connectivity index (χ3n) is 4.02. The van der Waals surface area contributed by atoms with Gasteiger partial charge in [-0.05, 0) is 13.3 Å². The second kappa shape index (κ2) is 6.47. The number of nitrogens with two attached hydrogens (primary N) is 1. The zero-order valence-corrected chi connectivity index (χ0v) is 11.1. The second-order valence-corrected chi connectivity index (χ2v) is 5.21. The zero-order chi connectivity index (χ0) is 13.0. The second-order valence-electron chi connectivity index (χ2n) is 5.21. The predicted octanol–water partition coefficient (Wildman–Crippen LogP) is -0.839. The summed E-state index contributed by atoms with van der Waals surface area (Å²) in [6.45, 7) is 7.99. The molecule has 0 saturated carbocycles. The minimum absolute atomic E-state index is 0.0858. The lowest BCUT2D eigenvalue weighted by atomic mass is 10.2. The van der Waals surface area contributed by atoms with Crippen LogP contribution in [-0.4, -0.2) is 67.2 Å². The molecule has 104 valence electrons. The predicted molar refractivity (Wildman–Crippen MR) is 68.8 cm³/mol. The van der Waals surface area contributed by atoms with E-state index in [9.17, 15) is 4.79 Å². The fourth-order valence-corrected chi connectivity index (χ4v) is 2.87. The number of carbonyl (C=O) groups is 1. The molecule has 2 fully saturated rings. The van der Waals surface area contributed by atoms with Crippen LogP contribution in [0.3, 0.4) is 0 Å². The van der Waals surface area contributed by atoms with E-state index in [1.165, 1.54) is 6.42 Å². The van der Waals surface area contributed by atoms with Crippen molar-refractivity contribution in [1.82, 2.24) is 15.2 Å². The highest BCUT2D eigenvalue weighted by Gasteiger charge is 2.31. The van der Waals surface area contributed by atoms with Crippen LogP contribution >= 0.6 is 0 Å². The summed E-state index contributed by atoms with van der Waals surface area (Å²) in [7, 11) is 0. The lowest BCUT2D eigenvalue weighted by molar-refractivity contribution is -0.122. The fourth-order valence-electron chi connectivity index (χ4n) is 2.87. The maximum Gasteiger partial charge on any atom is 0.235 e. The van der Waals surface area contributed by atoms with E-state index in [-0.39, 0.29) is 11.9 Å². The first-order valence-corrected chi connectivity index (χ1v) is 6.76. The number of nitrogens with one attached hydrogen (secondary N) is 1. The van der Waals surface area contributed by atoms with Gasteiger partial charge in [0.25, 0.3) is 0 Å². The van der Waals surface area contributed by atoms with Gasteiger partial charge in [0.1, 0.15) is 0 Å². The average molecular weight is 256 g/mol. The van der Waals surface area contributed by atoms with Gasteiger partial charge in [0.2, 0.25) is 5.91 Å². The Kier molecular flexibility index (Phi) is 4.94. The topological polar surface area (TPSA) is 70.8 Å². The highest BCUT2D eigenvalue weighted by molar-refractivity contribution is 5.75. The van der Waals surface area contributed by atoms with Crippen molar-refractivity contribution in [3.8, 4) is 0 Å². The number of carbonyl (C=O) groups excluding carboxylic acids is 1. The molecule has 0 aliphatic carbocycles. The third kappa shape index (κ3) is 3.41. The molecule has 0 aromatic rings. The number of hydrogen-bond donors (Lipinski definition) is 2. The van der Waals surface area contributed by atoms with Crippen LogP contribution in [0.25, 0.3) is 0 Å². The Bertz CT molecular complexity index is 281. The molecule has 2 aliphatic heterocycles. The Morgan fingerprint density at radius 2 is 2.17 bits per heavy atom. The molecule has 2 atom stereocenters. The molecular formula is C12H24N4O2. The van der Waals surface area contributed by atoms with Gasteiger partial charge in [0.05, 0.1) is 13.2 Å². The number of ether oxygens (including phenoxy) is 1. The highest BCUT2D eigenvalue weighted by atomic mass is 16.5. The average Bonchev–Trinajstić information content (AvgIpc) is 2.89. The molecule has 6 nitrogen and oxygen atoms in total. The molecule has 0 bridgehead atoms. The molecule has 2 heterocycles. The first-order chi connectivity index (χ1) is 8.70. The Balaban J connectivity index is 1.78. The molecule has 6 heteroatoms. The molecule has 2 saturated heterocycles. The van der Waals surface area contributed by atoms with Crippen molar-refractivity contribution in [2.45, 2.75) is 31.8 Å². The number of hydrogen-bond acceptors (Lipinski definition) is 5. The van der Waals surface area contributed by atoms with Gasteiger partial charge in [-0.3, -0.25) is 20.0 Å². The summed E-state index contributed by atoms with van der Waals surface area (Å²) in [6.07, 6.45) is 1.67. The number of nitrogens with zero attached hydrogens (tertiary/aromatic N) is 2. The molecule has 0 radical (unpaired) electrons. The maximum absolute atomic E-state index is 11.3. The van der Waals surface area contributed by atoms with Crippen molar-refractivity contribution < 1.29 is 9.53 Å². The van der Waals surface area contributed by atoms with E-state index in [0.29, 0.717) is 12.5 Å². The number of likely N-dealkylation sites (tertiary alicyclic amines) is 1. The van der Waals surface area contributed by atoms with E-state index in [1.807, 2.05) is 0 Å². The van der Waals surface area contributed by atoms with Crippen LogP contribution in [0, 0.1) is 0 Å². The van der Waals surface area contributed by atoms with Gasteiger partial charge in [-0.1, -0.05) is 0 Å². The fraction of sp³-hybridized carbons (Fsp3) is 0.917. The first kappa shape index (κ1) is 13.7.